The molecule has 4 aromatic rings. The van der Waals surface area contributed by atoms with Crippen LogP contribution in [-0.2, 0) is 19.1 Å². The predicted molar refractivity (Wildman–Crippen MR) is 210 cm³/mol. The van der Waals surface area contributed by atoms with Crippen LogP contribution in [0.1, 0.15) is 83.5 Å². The molecule has 2 aromatic heterocycles. The Kier molecular flexibility index (Phi) is 11.2. The van der Waals surface area contributed by atoms with Gasteiger partial charge in [-0.15, -0.1) is 0 Å². The monoisotopic (exact) mass is 764 g/mol. The number of amides is 4. The second-order valence-corrected chi connectivity index (χ2v) is 15.8. The van der Waals surface area contributed by atoms with Crippen LogP contribution in [0.2, 0.25) is 0 Å². The molecule has 3 aliphatic rings. The smallest absolute Gasteiger partial charge is 0.407 e. The summed E-state index contributed by atoms with van der Waals surface area (Å²) in [6, 6.07) is 15.0. The predicted octanol–water partition coefficient (Wildman–Crippen LogP) is 6.61. The molecule has 0 spiro atoms. The minimum absolute atomic E-state index is 0.0949. The summed E-state index contributed by atoms with van der Waals surface area (Å²) >= 11 is 0. The largest absolute Gasteiger partial charge is 0.453 e. The first-order valence-electron chi connectivity index (χ1n) is 19.6. The lowest BCUT2D eigenvalue weighted by atomic mass is 9.95. The minimum Gasteiger partial charge on any atom is -0.453 e. The van der Waals surface area contributed by atoms with Crippen molar-refractivity contribution in [2.75, 3.05) is 20.8 Å². The maximum absolute atomic E-state index is 13.9. The highest BCUT2D eigenvalue weighted by Crippen LogP contribution is 2.50. The van der Waals surface area contributed by atoms with E-state index in [9.17, 15) is 19.2 Å². The van der Waals surface area contributed by atoms with E-state index in [2.05, 4.69) is 74.1 Å². The number of imidazole rings is 2. The van der Waals surface area contributed by atoms with E-state index in [0.29, 0.717) is 12.5 Å². The lowest BCUT2D eigenvalue weighted by molar-refractivity contribution is -0.139. The van der Waals surface area contributed by atoms with Crippen molar-refractivity contribution >= 4 is 24.0 Å². The van der Waals surface area contributed by atoms with Crippen LogP contribution >= 0.6 is 0 Å². The highest BCUT2D eigenvalue weighted by molar-refractivity contribution is 5.87. The van der Waals surface area contributed by atoms with Crippen molar-refractivity contribution in [3.63, 3.8) is 0 Å². The van der Waals surface area contributed by atoms with Crippen molar-refractivity contribution in [2.45, 2.75) is 90.0 Å². The van der Waals surface area contributed by atoms with Crippen LogP contribution in [0.25, 0.3) is 33.6 Å². The van der Waals surface area contributed by atoms with E-state index < -0.39 is 24.3 Å². The number of rotatable bonds is 11. The number of H-pyrrole nitrogens is 2. The Hall–Kier alpha value is -5.66. The van der Waals surface area contributed by atoms with E-state index in [0.717, 1.165) is 77.4 Å². The van der Waals surface area contributed by atoms with Gasteiger partial charge in [0, 0.05) is 12.6 Å². The normalized spacial score (nSPS) is 21.4. The zero-order chi connectivity index (χ0) is 39.7. The van der Waals surface area contributed by atoms with Crippen LogP contribution in [0.3, 0.4) is 0 Å². The van der Waals surface area contributed by atoms with Crippen molar-refractivity contribution in [1.82, 2.24) is 40.4 Å². The van der Waals surface area contributed by atoms with Crippen molar-refractivity contribution in [3.05, 3.63) is 72.6 Å². The zero-order valence-electron chi connectivity index (χ0n) is 32.9. The van der Waals surface area contributed by atoms with Crippen molar-refractivity contribution in [1.29, 1.82) is 0 Å². The summed E-state index contributed by atoms with van der Waals surface area (Å²) in [6.07, 6.45) is 6.96. The van der Waals surface area contributed by atoms with Crippen LogP contribution in [-0.4, -0.2) is 92.6 Å². The molecular formula is C42H52N8O6. The molecule has 14 heteroatoms. The number of aromatic amines is 2. The number of likely N-dealkylation sites (tertiary alicyclic amines) is 2. The van der Waals surface area contributed by atoms with Gasteiger partial charge in [-0.25, -0.2) is 19.6 Å². The molecule has 3 fully saturated rings. The molecule has 4 N–H and O–H groups in total. The molecule has 2 bridgehead atoms. The number of nitrogens with zero attached hydrogens (tertiary/aromatic N) is 4. The Bertz CT molecular complexity index is 2040. The molecule has 0 radical (unpaired) electrons. The van der Waals surface area contributed by atoms with Crippen LogP contribution in [0.5, 0.6) is 0 Å². The quantitative estimate of drug-likeness (QED) is 0.132. The van der Waals surface area contributed by atoms with Gasteiger partial charge in [-0.2, -0.15) is 0 Å². The van der Waals surface area contributed by atoms with Crippen molar-refractivity contribution < 1.29 is 28.7 Å². The number of benzene rings is 2. The number of carbonyl (C=O) groups excluding carboxylic acids is 4. The third-order valence-corrected chi connectivity index (χ3v) is 11.7. The van der Waals surface area contributed by atoms with Gasteiger partial charge < -0.3 is 39.9 Å². The molecule has 4 amide bonds. The first-order valence-corrected chi connectivity index (χ1v) is 19.6. The summed E-state index contributed by atoms with van der Waals surface area (Å²) in [5, 5.41) is 5.45. The molecule has 2 aliphatic heterocycles. The molecule has 1 saturated carbocycles. The lowest BCUT2D eigenvalue weighted by Crippen LogP contribution is -2.54. The number of methoxy groups -OCH3 is 2. The Morgan fingerprint density at radius 2 is 1.20 bits per heavy atom. The number of piperidine rings is 1. The number of hydrogen-bond acceptors (Lipinski definition) is 8. The minimum atomic E-state index is -0.687. The number of carbonyl (C=O) groups is 4. The molecule has 296 valence electrons. The Morgan fingerprint density at radius 1 is 0.696 bits per heavy atom. The maximum Gasteiger partial charge on any atom is 0.407 e. The first-order chi connectivity index (χ1) is 27.0. The molecule has 6 atom stereocenters. The Labute approximate surface area is 327 Å². The average molecular weight is 765 g/mol. The summed E-state index contributed by atoms with van der Waals surface area (Å²) in [4.78, 5) is 71.7. The van der Waals surface area contributed by atoms with E-state index >= 15 is 0 Å². The fourth-order valence-electron chi connectivity index (χ4n) is 8.68. The van der Waals surface area contributed by atoms with Gasteiger partial charge in [-0.1, -0.05) is 76.2 Å². The lowest BCUT2D eigenvalue weighted by Gasteiger charge is -2.37. The molecule has 1 unspecified atom stereocenters. The van der Waals surface area contributed by atoms with E-state index in [-0.39, 0.29) is 41.8 Å². The van der Waals surface area contributed by atoms with Crippen LogP contribution in [0.4, 0.5) is 9.59 Å². The third-order valence-electron chi connectivity index (χ3n) is 11.7. The number of ether oxygens (including phenoxy) is 2. The molecule has 7 rings (SSSR count). The molecule has 2 aromatic carbocycles. The standard InChI is InChI=1S/C42H52N8O6/c1-23(2)34(47-41(53)55-5)39(51)49-19-7-8-33(49)37-43-21-31(45-37)27-13-9-25(10-14-27)26-11-15-28(16-12-26)32-22-44-38(46-32)36-29-17-18-30(20-29)50(36)40(52)35(24(3)4)48-42(54)56-6/h9-16,21-24,29-30,33-36H,7-8,17-20H2,1-6H3,(H,43,45)(H,44,46)(H,47,53)(H,48,54)/t29-,30-,33+,34+,35+,36?/m1/s1. The molecule has 14 nitrogen and oxygen atoms in total. The van der Waals surface area contributed by atoms with E-state index in [1.54, 1.807) is 6.20 Å². The van der Waals surface area contributed by atoms with Crippen molar-refractivity contribution in [3.8, 4) is 33.6 Å². The molecule has 56 heavy (non-hydrogen) atoms. The summed E-state index contributed by atoms with van der Waals surface area (Å²) in [5.41, 5.74) is 5.83. The highest BCUT2D eigenvalue weighted by atomic mass is 16.5. The van der Waals surface area contributed by atoms with Gasteiger partial charge in [0.15, 0.2) is 0 Å². The van der Waals surface area contributed by atoms with Gasteiger partial charge in [-0.3, -0.25) is 9.59 Å². The van der Waals surface area contributed by atoms with E-state index in [1.807, 2.05) is 43.7 Å². The second-order valence-electron chi connectivity index (χ2n) is 15.8. The Balaban J connectivity index is 1.02. The Morgan fingerprint density at radius 3 is 1.73 bits per heavy atom. The van der Waals surface area contributed by atoms with Crippen LogP contribution < -0.4 is 10.6 Å². The number of nitrogens with one attached hydrogen (secondary N) is 4. The summed E-state index contributed by atoms with van der Waals surface area (Å²) in [5.74, 6) is 1.37. The number of fused-ring (bicyclic) bond motifs is 2. The van der Waals surface area contributed by atoms with Gasteiger partial charge in [0.2, 0.25) is 11.8 Å². The number of alkyl carbamates (subject to hydrolysis) is 2. The van der Waals surface area contributed by atoms with Crippen molar-refractivity contribution in [2.24, 2.45) is 17.8 Å². The van der Waals surface area contributed by atoms with E-state index in [4.69, 9.17) is 14.5 Å². The van der Waals surface area contributed by atoms with Gasteiger partial charge in [0.05, 0.1) is 50.1 Å². The maximum atomic E-state index is 13.9. The first kappa shape index (κ1) is 38.6. The molecule has 4 heterocycles. The summed E-state index contributed by atoms with van der Waals surface area (Å²) in [6.45, 7) is 8.25. The van der Waals surface area contributed by atoms with Gasteiger partial charge >= 0.3 is 12.2 Å². The third kappa shape index (κ3) is 7.61. The average Bonchev–Trinajstić information content (AvgIpc) is 4.06. The van der Waals surface area contributed by atoms with Crippen LogP contribution in [0.15, 0.2) is 60.9 Å². The fourth-order valence-corrected chi connectivity index (χ4v) is 8.68. The fraction of sp³-hybridized carbons (Fsp3) is 0.476. The number of aromatic nitrogens is 4. The van der Waals surface area contributed by atoms with Gasteiger partial charge in [-0.05, 0) is 72.1 Å². The zero-order valence-corrected chi connectivity index (χ0v) is 32.9. The van der Waals surface area contributed by atoms with Gasteiger partial charge in [0.25, 0.3) is 0 Å². The topological polar surface area (TPSA) is 175 Å². The summed E-state index contributed by atoms with van der Waals surface area (Å²) in [7, 11) is 2.59. The molecule has 2 saturated heterocycles. The number of hydrogen-bond donors (Lipinski definition) is 4. The highest BCUT2D eigenvalue weighted by Gasteiger charge is 2.51. The summed E-state index contributed by atoms with van der Waals surface area (Å²) < 4.78 is 9.57. The SMILES string of the molecule is COC(=O)N[C@H](C(=O)N1CCC[C@H]1c1ncc(-c2ccc(-c3ccc(-c4cnc(C5[C@@H]6CC[C@H](C6)N5C(=O)[C@@H](NC(=O)OC)C(C)C)[nH]4)cc3)cc2)[nH]1)C(C)C. The second kappa shape index (κ2) is 16.2. The molecular weight excluding hydrogens is 713 g/mol. The van der Waals surface area contributed by atoms with Gasteiger partial charge in [0.1, 0.15) is 23.7 Å². The van der Waals surface area contributed by atoms with Crippen LogP contribution in [0, 0.1) is 17.8 Å². The molecule has 1 aliphatic carbocycles. The van der Waals surface area contributed by atoms with E-state index in [1.165, 1.54) is 14.2 Å².